The average Bonchev–Trinajstić information content (AvgIpc) is 2.01. The Bertz CT molecular complexity index is 187. The van der Waals surface area contributed by atoms with Gasteiger partial charge in [-0.05, 0) is 19.9 Å². The van der Waals surface area contributed by atoms with Gasteiger partial charge in [-0.3, -0.25) is 0 Å². The molecule has 76 valence electrons. The van der Waals surface area contributed by atoms with Crippen molar-refractivity contribution in [3.8, 4) is 11.8 Å². The van der Waals surface area contributed by atoms with Crippen molar-refractivity contribution in [3.05, 3.63) is 0 Å². The molecule has 13 heavy (non-hydrogen) atoms. The molecule has 1 unspecified atom stereocenters. The van der Waals surface area contributed by atoms with E-state index in [0.717, 1.165) is 0 Å². The molecule has 0 spiro atoms. The summed E-state index contributed by atoms with van der Waals surface area (Å²) in [6.07, 6.45) is -3.85. The summed E-state index contributed by atoms with van der Waals surface area (Å²) in [5.41, 5.74) is 0. The predicted octanol–water partition coefficient (Wildman–Crippen LogP) is 2.33. The summed E-state index contributed by atoms with van der Waals surface area (Å²) in [6.45, 7) is 3.60. The van der Waals surface area contributed by atoms with Gasteiger partial charge in [0.1, 0.15) is 6.04 Å². The Labute approximate surface area is 76.7 Å². The summed E-state index contributed by atoms with van der Waals surface area (Å²) in [7, 11) is 0. The van der Waals surface area contributed by atoms with Gasteiger partial charge in [0.15, 0.2) is 0 Å². The quantitative estimate of drug-likeness (QED) is 0.676. The van der Waals surface area contributed by atoms with E-state index in [2.05, 4.69) is 17.2 Å². The molecule has 0 aromatic heterocycles. The molecule has 0 bridgehead atoms. The summed E-state index contributed by atoms with van der Waals surface area (Å²) in [4.78, 5) is 0. The molecule has 0 amide bonds. The molecule has 0 aromatic rings. The topological polar surface area (TPSA) is 12.0 Å². The van der Waals surface area contributed by atoms with Crippen LogP contribution in [-0.2, 0) is 0 Å². The Kier molecular flexibility index (Phi) is 5.56. The standard InChI is InChI=1S/C9H14F3N/c1-3-5-6-7-8(13-4-2)9(10,11)12/h8,13H,4,6-7H2,1-2H3. The lowest BCUT2D eigenvalue weighted by atomic mass is 10.1. The second-order valence-corrected chi connectivity index (χ2v) is 2.62. The van der Waals surface area contributed by atoms with E-state index in [0.29, 0.717) is 6.54 Å². The molecule has 0 saturated heterocycles. The maximum Gasteiger partial charge on any atom is 0.403 e. The molecule has 1 atom stereocenters. The fourth-order valence-corrected chi connectivity index (χ4v) is 0.969. The van der Waals surface area contributed by atoms with E-state index >= 15 is 0 Å². The lowest BCUT2D eigenvalue weighted by Gasteiger charge is -2.19. The Morgan fingerprint density at radius 3 is 2.38 bits per heavy atom. The number of rotatable bonds is 4. The van der Waals surface area contributed by atoms with Crippen molar-refractivity contribution in [2.45, 2.75) is 38.9 Å². The highest BCUT2D eigenvalue weighted by Gasteiger charge is 2.38. The Morgan fingerprint density at radius 1 is 1.38 bits per heavy atom. The van der Waals surface area contributed by atoms with Crippen LogP contribution in [0.15, 0.2) is 0 Å². The number of hydrogen-bond acceptors (Lipinski definition) is 1. The third-order valence-corrected chi connectivity index (χ3v) is 1.58. The van der Waals surface area contributed by atoms with Crippen LogP contribution >= 0.6 is 0 Å². The van der Waals surface area contributed by atoms with E-state index in [1.165, 1.54) is 0 Å². The second-order valence-electron chi connectivity index (χ2n) is 2.62. The van der Waals surface area contributed by atoms with Crippen LogP contribution in [0, 0.1) is 11.8 Å². The predicted molar refractivity (Wildman–Crippen MR) is 46.2 cm³/mol. The average molecular weight is 193 g/mol. The summed E-state index contributed by atoms with van der Waals surface area (Å²) in [5, 5.41) is 2.39. The second kappa shape index (κ2) is 5.87. The lowest BCUT2D eigenvalue weighted by molar-refractivity contribution is -0.156. The molecular formula is C9H14F3N. The SMILES string of the molecule is CC#CCCC(NCC)C(F)(F)F. The van der Waals surface area contributed by atoms with Crippen molar-refractivity contribution in [2.75, 3.05) is 6.54 Å². The number of nitrogens with one attached hydrogen (secondary N) is 1. The lowest BCUT2D eigenvalue weighted by Crippen LogP contribution is -2.41. The summed E-state index contributed by atoms with van der Waals surface area (Å²) in [5.74, 6) is 5.19. The minimum absolute atomic E-state index is 0.0260. The van der Waals surface area contributed by atoms with Crippen molar-refractivity contribution in [3.63, 3.8) is 0 Å². The zero-order valence-corrected chi connectivity index (χ0v) is 7.83. The van der Waals surface area contributed by atoms with Crippen LogP contribution in [0.2, 0.25) is 0 Å². The van der Waals surface area contributed by atoms with Gasteiger partial charge in [-0.2, -0.15) is 13.2 Å². The minimum atomic E-state index is -4.16. The van der Waals surface area contributed by atoms with E-state index in [9.17, 15) is 13.2 Å². The van der Waals surface area contributed by atoms with Gasteiger partial charge in [0, 0.05) is 6.42 Å². The van der Waals surface area contributed by atoms with E-state index in [1.54, 1.807) is 13.8 Å². The Balaban J connectivity index is 4.00. The molecule has 0 aromatic carbocycles. The molecule has 0 saturated carbocycles. The van der Waals surface area contributed by atoms with E-state index < -0.39 is 12.2 Å². The molecule has 0 aliphatic carbocycles. The molecule has 4 heteroatoms. The van der Waals surface area contributed by atoms with Crippen molar-refractivity contribution < 1.29 is 13.2 Å². The maximum absolute atomic E-state index is 12.2. The van der Waals surface area contributed by atoms with Crippen LogP contribution in [0.1, 0.15) is 26.7 Å². The van der Waals surface area contributed by atoms with Crippen LogP contribution in [0.5, 0.6) is 0 Å². The first-order valence-corrected chi connectivity index (χ1v) is 4.22. The van der Waals surface area contributed by atoms with Crippen molar-refractivity contribution >= 4 is 0 Å². The van der Waals surface area contributed by atoms with Gasteiger partial charge >= 0.3 is 6.18 Å². The zero-order valence-electron chi connectivity index (χ0n) is 7.83. The van der Waals surface area contributed by atoms with E-state index in [1.807, 2.05) is 0 Å². The van der Waals surface area contributed by atoms with Crippen LogP contribution in [-0.4, -0.2) is 18.8 Å². The molecule has 1 N–H and O–H groups in total. The van der Waals surface area contributed by atoms with Gasteiger partial charge in [0.05, 0.1) is 0 Å². The number of halogens is 3. The molecule has 0 radical (unpaired) electrons. The fourth-order valence-electron chi connectivity index (χ4n) is 0.969. The van der Waals surface area contributed by atoms with Crippen molar-refractivity contribution in [1.29, 1.82) is 0 Å². The minimum Gasteiger partial charge on any atom is -0.306 e. The summed E-state index contributed by atoms with van der Waals surface area (Å²) in [6, 6.07) is -1.42. The van der Waals surface area contributed by atoms with Crippen LogP contribution in [0.3, 0.4) is 0 Å². The third-order valence-electron chi connectivity index (χ3n) is 1.58. The van der Waals surface area contributed by atoms with Crippen molar-refractivity contribution in [2.24, 2.45) is 0 Å². The van der Waals surface area contributed by atoms with E-state index in [4.69, 9.17) is 0 Å². The third kappa shape index (κ3) is 5.53. The van der Waals surface area contributed by atoms with Gasteiger partial charge in [-0.25, -0.2) is 0 Å². The van der Waals surface area contributed by atoms with Gasteiger partial charge in [0.2, 0.25) is 0 Å². The molecule has 0 aliphatic rings. The largest absolute Gasteiger partial charge is 0.403 e. The summed E-state index contributed by atoms with van der Waals surface area (Å²) >= 11 is 0. The Hall–Kier alpha value is -0.690. The fraction of sp³-hybridized carbons (Fsp3) is 0.778. The van der Waals surface area contributed by atoms with Gasteiger partial charge < -0.3 is 5.32 Å². The van der Waals surface area contributed by atoms with E-state index in [-0.39, 0.29) is 12.8 Å². The van der Waals surface area contributed by atoms with Crippen LogP contribution < -0.4 is 5.32 Å². The Morgan fingerprint density at radius 2 is 2.00 bits per heavy atom. The highest BCUT2D eigenvalue weighted by molar-refractivity contribution is 4.96. The molecule has 1 nitrogen and oxygen atoms in total. The molecule has 0 aliphatic heterocycles. The highest BCUT2D eigenvalue weighted by atomic mass is 19.4. The van der Waals surface area contributed by atoms with Gasteiger partial charge in [-0.1, -0.05) is 6.92 Å². The van der Waals surface area contributed by atoms with Gasteiger partial charge in [0.25, 0.3) is 0 Å². The zero-order chi connectivity index (χ0) is 10.3. The smallest absolute Gasteiger partial charge is 0.306 e. The maximum atomic E-state index is 12.2. The van der Waals surface area contributed by atoms with Crippen molar-refractivity contribution in [1.82, 2.24) is 5.32 Å². The molecule has 0 fully saturated rings. The first-order valence-electron chi connectivity index (χ1n) is 4.22. The number of hydrogen-bond donors (Lipinski definition) is 1. The molecule has 0 heterocycles. The monoisotopic (exact) mass is 193 g/mol. The summed E-state index contributed by atoms with van der Waals surface area (Å²) < 4.78 is 36.7. The molecular weight excluding hydrogens is 179 g/mol. The highest BCUT2D eigenvalue weighted by Crippen LogP contribution is 2.23. The van der Waals surface area contributed by atoms with Crippen LogP contribution in [0.4, 0.5) is 13.2 Å². The van der Waals surface area contributed by atoms with Crippen LogP contribution in [0.25, 0.3) is 0 Å². The van der Waals surface area contributed by atoms with Gasteiger partial charge in [-0.15, -0.1) is 11.8 Å². The normalized spacial score (nSPS) is 13.3. The first-order chi connectivity index (χ1) is 6.02. The number of alkyl halides is 3. The molecule has 0 rings (SSSR count). The first kappa shape index (κ1) is 12.3.